The fraction of sp³-hybridized carbons (Fsp3) is 0.759. The molecule has 0 aliphatic heterocycles. The largest absolute Gasteiger partial charge is 0.391 e. The minimum Gasteiger partial charge on any atom is -0.391 e. The second-order valence-electron chi connectivity index (χ2n) is 13.2. The lowest BCUT2D eigenvalue weighted by Crippen LogP contribution is -2.56. The van der Waals surface area contributed by atoms with Gasteiger partial charge in [-0.3, -0.25) is 4.68 Å². The van der Waals surface area contributed by atoms with Crippen molar-refractivity contribution in [3.05, 3.63) is 30.2 Å². The van der Waals surface area contributed by atoms with E-state index in [1.54, 1.807) is 16.9 Å². The number of benzene rings is 1. The molecule has 34 heavy (non-hydrogen) atoms. The highest BCUT2D eigenvalue weighted by atomic mass is 19.1. The van der Waals surface area contributed by atoms with Gasteiger partial charge >= 0.3 is 0 Å². The Morgan fingerprint density at radius 2 is 1.82 bits per heavy atom. The van der Waals surface area contributed by atoms with Crippen LogP contribution in [0.3, 0.4) is 0 Å². The Bertz CT molecular complexity index is 1080. The molecule has 0 bridgehead atoms. The maximum Gasteiger partial charge on any atom is 0.125 e. The number of halogens is 1. The smallest absolute Gasteiger partial charge is 0.125 e. The van der Waals surface area contributed by atoms with E-state index in [0.717, 1.165) is 48.4 Å². The molecule has 0 spiro atoms. The van der Waals surface area contributed by atoms with Crippen molar-refractivity contribution in [2.75, 3.05) is 0 Å². The van der Waals surface area contributed by atoms with E-state index in [9.17, 15) is 14.6 Å². The van der Waals surface area contributed by atoms with E-state index in [0.29, 0.717) is 23.8 Å². The molecule has 4 aliphatic carbocycles. The highest BCUT2D eigenvalue weighted by Gasteiger charge is 2.61. The predicted octanol–water partition coefficient (Wildman–Crippen LogP) is 5.95. The summed E-state index contributed by atoms with van der Waals surface area (Å²) in [7, 11) is 0. The first-order valence-electron chi connectivity index (χ1n) is 13.6. The fourth-order valence-electron chi connectivity index (χ4n) is 9.60. The summed E-state index contributed by atoms with van der Waals surface area (Å²) in [5.41, 5.74) is 0.809. The molecule has 5 heteroatoms. The molecule has 2 N–H and O–H groups in total. The first-order valence-corrected chi connectivity index (χ1v) is 13.6. The van der Waals surface area contributed by atoms with Gasteiger partial charge in [-0.1, -0.05) is 13.8 Å². The van der Waals surface area contributed by atoms with Crippen molar-refractivity contribution in [2.24, 2.45) is 40.4 Å². The molecule has 4 fully saturated rings. The topological polar surface area (TPSA) is 58.3 Å². The Kier molecular flexibility index (Phi) is 5.25. The van der Waals surface area contributed by atoms with Gasteiger partial charge < -0.3 is 10.2 Å². The monoisotopic (exact) mass is 468 g/mol. The summed E-state index contributed by atoms with van der Waals surface area (Å²) in [5.74, 6) is 2.84. The third-order valence-corrected chi connectivity index (χ3v) is 11.5. The number of hydrogen-bond donors (Lipinski definition) is 2. The number of hydrogen-bond acceptors (Lipinski definition) is 3. The van der Waals surface area contributed by atoms with Crippen LogP contribution in [0.2, 0.25) is 0 Å². The Morgan fingerprint density at radius 3 is 2.65 bits per heavy atom. The number of rotatable bonds is 3. The molecule has 0 radical (unpaired) electrons. The van der Waals surface area contributed by atoms with Gasteiger partial charge in [-0.25, -0.2) is 4.39 Å². The van der Waals surface area contributed by atoms with Crippen LogP contribution in [0, 0.1) is 46.2 Å². The summed E-state index contributed by atoms with van der Waals surface area (Å²) in [6.45, 7) is 7.46. The van der Waals surface area contributed by atoms with Crippen molar-refractivity contribution in [1.29, 1.82) is 0 Å². The standard InChI is InChI=1S/C29H41FN2O2/c1-27(34)12-13-28(2)19(15-27)5-7-21-22-8-9-24(29(22,3)11-10-23(21)28)26(33)17-32-25-14-20(30)6-4-18(25)16-31-32/h4,6,14,16,19,21-24,26,33-34H,5,7-13,15,17H2,1-3H3/t19-,21-,22-,23-,24+,26?,27+,28-,29-/m0/s1. The quantitative estimate of drug-likeness (QED) is 0.586. The van der Waals surface area contributed by atoms with E-state index in [1.165, 1.54) is 44.2 Å². The van der Waals surface area contributed by atoms with Gasteiger partial charge in [-0.15, -0.1) is 0 Å². The highest BCUT2D eigenvalue weighted by molar-refractivity contribution is 5.78. The van der Waals surface area contributed by atoms with Crippen LogP contribution in [-0.2, 0) is 6.54 Å². The molecule has 4 saturated carbocycles. The van der Waals surface area contributed by atoms with Gasteiger partial charge in [0.2, 0.25) is 0 Å². The van der Waals surface area contributed by atoms with Gasteiger partial charge in [0.25, 0.3) is 0 Å². The minimum absolute atomic E-state index is 0.165. The van der Waals surface area contributed by atoms with Crippen molar-refractivity contribution in [1.82, 2.24) is 9.78 Å². The van der Waals surface area contributed by atoms with Crippen molar-refractivity contribution in [2.45, 2.75) is 96.8 Å². The molecular formula is C29H41FN2O2. The SMILES string of the molecule is C[C@@]1(O)CC[C@@]2(C)[C@@H](CC[C@@H]3[C@@H]2CC[C@]2(C)[C@@H](C(O)Cn4ncc5ccc(F)cc54)CC[C@@H]32)C1. The fourth-order valence-corrected chi connectivity index (χ4v) is 9.60. The van der Waals surface area contributed by atoms with E-state index in [-0.39, 0.29) is 17.2 Å². The van der Waals surface area contributed by atoms with Crippen molar-refractivity contribution < 1.29 is 14.6 Å². The van der Waals surface area contributed by atoms with Crippen LogP contribution in [0.1, 0.15) is 78.6 Å². The number of nitrogens with zero attached hydrogens (tertiary/aromatic N) is 2. The highest BCUT2D eigenvalue weighted by Crippen LogP contribution is 2.68. The maximum absolute atomic E-state index is 13.8. The molecule has 0 amide bonds. The van der Waals surface area contributed by atoms with Gasteiger partial charge in [0.1, 0.15) is 5.82 Å². The van der Waals surface area contributed by atoms with Crippen LogP contribution in [0.4, 0.5) is 4.39 Å². The third-order valence-electron chi connectivity index (χ3n) is 11.5. The molecular weight excluding hydrogens is 427 g/mol. The molecule has 9 atom stereocenters. The number of aliphatic hydroxyl groups is 2. The van der Waals surface area contributed by atoms with E-state index in [2.05, 4.69) is 18.9 Å². The maximum atomic E-state index is 13.8. The summed E-state index contributed by atoms with van der Waals surface area (Å²) >= 11 is 0. The zero-order valence-corrected chi connectivity index (χ0v) is 21.0. The molecule has 1 aromatic heterocycles. The lowest BCUT2D eigenvalue weighted by atomic mass is 9.44. The Hall–Kier alpha value is -1.46. The lowest BCUT2D eigenvalue weighted by molar-refractivity contribution is -0.150. The summed E-state index contributed by atoms with van der Waals surface area (Å²) in [6, 6.07) is 4.75. The average Bonchev–Trinajstić information content (AvgIpc) is 3.34. The second-order valence-corrected chi connectivity index (χ2v) is 13.2. The van der Waals surface area contributed by atoms with Crippen molar-refractivity contribution in [3.8, 4) is 0 Å². The molecule has 1 heterocycles. The van der Waals surface area contributed by atoms with Crippen molar-refractivity contribution >= 4 is 10.9 Å². The Labute approximate surface area is 202 Å². The lowest BCUT2D eigenvalue weighted by Gasteiger charge is -2.62. The Balaban J connectivity index is 1.22. The molecule has 0 saturated heterocycles. The number of fused-ring (bicyclic) bond motifs is 6. The molecule has 1 aromatic carbocycles. The second kappa shape index (κ2) is 7.77. The van der Waals surface area contributed by atoms with E-state index in [1.807, 2.05) is 6.92 Å². The number of aromatic nitrogens is 2. The van der Waals surface area contributed by atoms with Crippen LogP contribution in [0.15, 0.2) is 24.4 Å². The van der Waals surface area contributed by atoms with Crippen LogP contribution in [0.25, 0.3) is 10.9 Å². The molecule has 4 nitrogen and oxygen atoms in total. The van der Waals surface area contributed by atoms with E-state index < -0.39 is 11.7 Å². The average molecular weight is 469 g/mol. The zero-order valence-electron chi connectivity index (χ0n) is 21.0. The van der Waals surface area contributed by atoms with Crippen LogP contribution in [-0.4, -0.2) is 31.7 Å². The van der Waals surface area contributed by atoms with Gasteiger partial charge in [0.05, 0.1) is 30.0 Å². The van der Waals surface area contributed by atoms with Crippen LogP contribution < -0.4 is 0 Å². The summed E-state index contributed by atoms with van der Waals surface area (Å²) in [6.07, 6.45) is 11.6. The van der Waals surface area contributed by atoms with E-state index >= 15 is 0 Å². The minimum atomic E-state index is -0.484. The molecule has 1 unspecified atom stereocenters. The van der Waals surface area contributed by atoms with Gasteiger partial charge in [-0.05, 0) is 123 Å². The third kappa shape index (κ3) is 3.40. The first-order chi connectivity index (χ1) is 16.1. The van der Waals surface area contributed by atoms with E-state index in [4.69, 9.17) is 0 Å². The van der Waals surface area contributed by atoms with Crippen LogP contribution in [0.5, 0.6) is 0 Å². The Morgan fingerprint density at radius 1 is 1.03 bits per heavy atom. The molecule has 2 aromatic rings. The van der Waals surface area contributed by atoms with Gasteiger partial charge in [-0.2, -0.15) is 5.10 Å². The van der Waals surface area contributed by atoms with Gasteiger partial charge in [0, 0.05) is 5.39 Å². The first kappa shape index (κ1) is 23.0. The molecule has 186 valence electrons. The molecule has 4 aliphatic rings. The predicted molar refractivity (Wildman–Crippen MR) is 132 cm³/mol. The van der Waals surface area contributed by atoms with Crippen LogP contribution >= 0.6 is 0 Å². The number of aliphatic hydroxyl groups excluding tert-OH is 1. The summed E-state index contributed by atoms with van der Waals surface area (Å²) in [4.78, 5) is 0. The summed E-state index contributed by atoms with van der Waals surface area (Å²) < 4.78 is 15.6. The van der Waals surface area contributed by atoms with Gasteiger partial charge in [0.15, 0.2) is 0 Å². The normalized spacial score (nSPS) is 44.9. The van der Waals surface area contributed by atoms with Crippen molar-refractivity contribution in [3.63, 3.8) is 0 Å². The zero-order chi connectivity index (χ0) is 23.9. The molecule has 6 rings (SSSR count). The summed E-state index contributed by atoms with van der Waals surface area (Å²) in [5, 5.41) is 27.6.